The molecule has 0 heterocycles. The van der Waals surface area contributed by atoms with Gasteiger partial charge in [-0.25, -0.2) is 0 Å². The third kappa shape index (κ3) is 1.36. The molecule has 0 aromatic heterocycles. The van der Waals surface area contributed by atoms with Gasteiger partial charge >= 0.3 is 0 Å². The lowest BCUT2D eigenvalue weighted by Crippen LogP contribution is -2.34. The summed E-state index contributed by atoms with van der Waals surface area (Å²) >= 11 is 5.64. The molecule has 1 unspecified atom stereocenters. The fourth-order valence-corrected chi connectivity index (χ4v) is 1.22. The van der Waals surface area contributed by atoms with Crippen LogP contribution in [0.3, 0.4) is 0 Å². The first-order chi connectivity index (χ1) is 4.22. The third-order valence-electron chi connectivity index (χ3n) is 1.84. The Hall–Kier alpha value is -0.240. The van der Waals surface area contributed by atoms with Gasteiger partial charge in [0.1, 0.15) is 5.38 Å². The van der Waals surface area contributed by atoms with Crippen molar-refractivity contribution in [3.63, 3.8) is 0 Å². The van der Waals surface area contributed by atoms with E-state index < -0.39 is 5.38 Å². The molecular formula is C6H10ClNO. The molecule has 0 aromatic carbocycles. The van der Waals surface area contributed by atoms with Crippen LogP contribution in [0.2, 0.25) is 0 Å². The van der Waals surface area contributed by atoms with Gasteiger partial charge in [0.15, 0.2) is 0 Å². The molecule has 0 radical (unpaired) electrons. The van der Waals surface area contributed by atoms with Crippen LogP contribution in [0.15, 0.2) is 0 Å². The van der Waals surface area contributed by atoms with E-state index in [4.69, 9.17) is 17.3 Å². The van der Waals surface area contributed by atoms with Crippen molar-refractivity contribution in [3.05, 3.63) is 0 Å². The van der Waals surface area contributed by atoms with Crippen LogP contribution in [-0.4, -0.2) is 11.3 Å². The van der Waals surface area contributed by atoms with Gasteiger partial charge in [0, 0.05) is 0 Å². The molecule has 0 bridgehead atoms. The molecule has 1 aliphatic carbocycles. The van der Waals surface area contributed by atoms with Crippen molar-refractivity contribution in [1.29, 1.82) is 0 Å². The molecule has 1 rings (SSSR count). The second-order valence-corrected chi connectivity index (χ2v) is 2.97. The highest BCUT2D eigenvalue weighted by atomic mass is 35.5. The zero-order valence-electron chi connectivity index (χ0n) is 5.14. The van der Waals surface area contributed by atoms with Crippen molar-refractivity contribution in [2.75, 3.05) is 0 Å². The first-order valence-corrected chi connectivity index (χ1v) is 3.59. The second-order valence-electron chi connectivity index (χ2n) is 2.50. The van der Waals surface area contributed by atoms with Crippen LogP contribution in [0.5, 0.6) is 0 Å². The Labute approximate surface area is 59.4 Å². The molecule has 1 saturated carbocycles. The van der Waals surface area contributed by atoms with Crippen LogP contribution in [0.1, 0.15) is 19.3 Å². The van der Waals surface area contributed by atoms with Crippen LogP contribution >= 0.6 is 11.6 Å². The Morgan fingerprint density at radius 2 is 2.22 bits per heavy atom. The average Bonchev–Trinajstić information content (AvgIpc) is 1.60. The quantitative estimate of drug-likeness (QED) is 0.579. The van der Waals surface area contributed by atoms with E-state index in [9.17, 15) is 4.79 Å². The summed E-state index contributed by atoms with van der Waals surface area (Å²) in [5.74, 6) is -0.00877. The van der Waals surface area contributed by atoms with Crippen LogP contribution in [-0.2, 0) is 4.79 Å². The summed E-state index contributed by atoms with van der Waals surface area (Å²) in [6, 6.07) is 0. The van der Waals surface area contributed by atoms with Crippen LogP contribution in [0, 0.1) is 5.92 Å². The summed E-state index contributed by atoms with van der Waals surface area (Å²) in [4.78, 5) is 10.4. The zero-order chi connectivity index (χ0) is 6.85. The van der Waals surface area contributed by atoms with Crippen molar-refractivity contribution >= 4 is 17.5 Å². The fourth-order valence-electron chi connectivity index (χ4n) is 0.965. The van der Waals surface area contributed by atoms with Crippen molar-refractivity contribution in [2.24, 2.45) is 11.7 Å². The topological polar surface area (TPSA) is 43.1 Å². The Bertz CT molecular complexity index is 122. The zero-order valence-corrected chi connectivity index (χ0v) is 5.90. The Morgan fingerprint density at radius 1 is 1.67 bits per heavy atom. The van der Waals surface area contributed by atoms with E-state index in [2.05, 4.69) is 0 Å². The molecule has 1 amide bonds. The molecule has 0 saturated heterocycles. The van der Waals surface area contributed by atoms with E-state index in [0.29, 0.717) is 5.92 Å². The molecule has 1 fully saturated rings. The Balaban J connectivity index is 2.32. The predicted octanol–water partition coefficient (Wildman–Crippen LogP) is 0.879. The molecule has 1 aliphatic rings. The lowest BCUT2D eigenvalue weighted by atomic mass is 9.82. The van der Waals surface area contributed by atoms with Crippen molar-refractivity contribution < 1.29 is 4.79 Å². The predicted molar refractivity (Wildman–Crippen MR) is 36.2 cm³/mol. The number of hydrogen-bond donors (Lipinski definition) is 1. The molecule has 9 heavy (non-hydrogen) atoms. The molecule has 1 atom stereocenters. The van der Waals surface area contributed by atoms with Gasteiger partial charge in [-0.15, -0.1) is 11.6 Å². The van der Waals surface area contributed by atoms with E-state index in [1.807, 2.05) is 0 Å². The lowest BCUT2D eigenvalue weighted by Gasteiger charge is -2.27. The molecule has 0 aliphatic heterocycles. The van der Waals surface area contributed by atoms with Gasteiger partial charge in [0.05, 0.1) is 0 Å². The molecule has 2 nitrogen and oxygen atoms in total. The number of halogens is 1. The van der Waals surface area contributed by atoms with Crippen molar-refractivity contribution in [3.8, 4) is 0 Å². The first-order valence-electron chi connectivity index (χ1n) is 3.15. The molecule has 0 aromatic rings. The maximum absolute atomic E-state index is 10.4. The largest absolute Gasteiger partial charge is 0.368 e. The smallest absolute Gasteiger partial charge is 0.235 e. The number of hydrogen-bond acceptors (Lipinski definition) is 1. The molecule has 3 heteroatoms. The summed E-state index contributed by atoms with van der Waals surface area (Å²) in [6.07, 6.45) is 3.33. The molecule has 2 N–H and O–H groups in total. The van der Waals surface area contributed by atoms with E-state index in [0.717, 1.165) is 12.8 Å². The average molecular weight is 148 g/mol. The van der Waals surface area contributed by atoms with Gasteiger partial charge in [-0.2, -0.15) is 0 Å². The van der Waals surface area contributed by atoms with E-state index in [1.165, 1.54) is 6.42 Å². The highest BCUT2D eigenvalue weighted by Gasteiger charge is 2.28. The highest BCUT2D eigenvalue weighted by Crippen LogP contribution is 2.31. The molecule has 0 spiro atoms. The standard InChI is InChI=1S/C6H10ClNO/c7-5(6(8)9)4-2-1-3-4/h4-5H,1-3H2,(H2,8,9). The number of primary amides is 1. The number of carbonyl (C=O) groups is 1. The summed E-state index contributed by atoms with van der Waals surface area (Å²) in [5.41, 5.74) is 4.98. The summed E-state index contributed by atoms with van der Waals surface area (Å²) in [6.45, 7) is 0. The van der Waals surface area contributed by atoms with Crippen LogP contribution in [0.4, 0.5) is 0 Å². The first kappa shape index (κ1) is 6.87. The number of rotatable bonds is 2. The Morgan fingerprint density at radius 3 is 2.33 bits per heavy atom. The second kappa shape index (κ2) is 2.56. The van der Waals surface area contributed by atoms with Gasteiger partial charge in [-0.3, -0.25) is 4.79 Å². The maximum Gasteiger partial charge on any atom is 0.235 e. The van der Waals surface area contributed by atoms with Gasteiger partial charge < -0.3 is 5.73 Å². The minimum atomic E-state index is -0.418. The van der Waals surface area contributed by atoms with Crippen molar-refractivity contribution in [2.45, 2.75) is 24.6 Å². The third-order valence-corrected chi connectivity index (χ3v) is 2.41. The van der Waals surface area contributed by atoms with Gasteiger partial charge in [-0.05, 0) is 18.8 Å². The number of carbonyl (C=O) groups excluding carboxylic acids is 1. The van der Waals surface area contributed by atoms with Crippen LogP contribution < -0.4 is 5.73 Å². The van der Waals surface area contributed by atoms with E-state index in [1.54, 1.807) is 0 Å². The van der Waals surface area contributed by atoms with Gasteiger partial charge in [0.2, 0.25) is 5.91 Å². The van der Waals surface area contributed by atoms with Gasteiger partial charge in [0.25, 0.3) is 0 Å². The monoisotopic (exact) mass is 147 g/mol. The normalized spacial score (nSPS) is 22.8. The van der Waals surface area contributed by atoms with Crippen molar-refractivity contribution in [1.82, 2.24) is 0 Å². The van der Waals surface area contributed by atoms with E-state index >= 15 is 0 Å². The highest BCUT2D eigenvalue weighted by molar-refractivity contribution is 6.30. The number of nitrogens with two attached hydrogens (primary N) is 1. The van der Waals surface area contributed by atoms with Crippen LogP contribution in [0.25, 0.3) is 0 Å². The Kier molecular flexibility index (Phi) is 1.96. The number of alkyl halides is 1. The molecule has 52 valence electrons. The number of amides is 1. The molecular weight excluding hydrogens is 138 g/mol. The summed E-state index contributed by atoms with van der Waals surface area (Å²) in [7, 11) is 0. The fraction of sp³-hybridized carbons (Fsp3) is 0.833. The SMILES string of the molecule is NC(=O)C(Cl)C1CCC1. The van der Waals surface area contributed by atoms with E-state index in [-0.39, 0.29) is 5.91 Å². The minimum Gasteiger partial charge on any atom is -0.368 e. The summed E-state index contributed by atoms with van der Waals surface area (Å²) < 4.78 is 0. The maximum atomic E-state index is 10.4. The lowest BCUT2D eigenvalue weighted by molar-refractivity contribution is -0.119. The minimum absolute atomic E-state index is 0.365. The van der Waals surface area contributed by atoms with Gasteiger partial charge in [-0.1, -0.05) is 6.42 Å². The summed E-state index contributed by atoms with van der Waals surface area (Å²) in [5, 5.41) is -0.418.